The number of para-hydroxylation sites is 2. The second-order valence-corrected chi connectivity index (χ2v) is 8.01. The van der Waals surface area contributed by atoms with Crippen LogP contribution >= 0.6 is 24.0 Å². The minimum absolute atomic E-state index is 0. The third kappa shape index (κ3) is 5.73. The van der Waals surface area contributed by atoms with Crippen LogP contribution in [0.25, 0.3) is 5.69 Å². The van der Waals surface area contributed by atoms with Crippen LogP contribution in [0.5, 0.6) is 0 Å². The lowest BCUT2D eigenvalue weighted by Gasteiger charge is -2.26. The number of hydrogen-bond donors (Lipinski definition) is 3. The number of halogens is 1. The van der Waals surface area contributed by atoms with E-state index in [1.165, 1.54) is 0 Å². The highest BCUT2D eigenvalue weighted by molar-refractivity contribution is 14.0. The number of hydrogen-bond acceptors (Lipinski definition) is 3. The molecule has 0 saturated heterocycles. The lowest BCUT2D eigenvalue weighted by atomic mass is 9.90. The van der Waals surface area contributed by atoms with Gasteiger partial charge in [0, 0.05) is 42.4 Å². The molecule has 0 spiro atoms. The molecule has 3 N–H and O–H groups in total. The van der Waals surface area contributed by atoms with Gasteiger partial charge in [0.15, 0.2) is 5.96 Å². The molecule has 0 aliphatic carbocycles. The van der Waals surface area contributed by atoms with Crippen LogP contribution in [0.4, 0.5) is 5.69 Å². The number of guanidine groups is 1. The van der Waals surface area contributed by atoms with Gasteiger partial charge < -0.3 is 16.0 Å². The van der Waals surface area contributed by atoms with Crippen molar-refractivity contribution >= 4 is 41.5 Å². The van der Waals surface area contributed by atoms with Gasteiger partial charge in [0.2, 0.25) is 5.91 Å². The quantitative estimate of drug-likeness (QED) is 0.240. The number of fused-ring (bicyclic) bond motifs is 1. The van der Waals surface area contributed by atoms with E-state index in [2.05, 4.69) is 41.1 Å². The minimum Gasteiger partial charge on any atom is -0.357 e. The Morgan fingerprint density at radius 3 is 2.61 bits per heavy atom. The fraction of sp³-hybridized carbons (Fsp3) is 0.320. The van der Waals surface area contributed by atoms with Crippen molar-refractivity contribution in [1.29, 1.82) is 0 Å². The van der Waals surface area contributed by atoms with Crippen LogP contribution in [0.15, 0.2) is 59.6 Å². The average Bonchev–Trinajstić information content (AvgIpc) is 3.09. The molecule has 1 atom stereocenters. The first kappa shape index (κ1) is 24.8. The summed E-state index contributed by atoms with van der Waals surface area (Å²) in [5.74, 6) is 0.896. The highest BCUT2D eigenvalue weighted by atomic mass is 127. The van der Waals surface area contributed by atoms with E-state index in [-0.39, 0.29) is 35.8 Å². The summed E-state index contributed by atoms with van der Waals surface area (Å²) in [6, 6.07) is 18.1. The van der Waals surface area contributed by atoms with Gasteiger partial charge >= 0.3 is 0 Å². The Hall–Kier alpha value is -2.88. The zero-order valence-electron chi connectivity index (χ0n) is 19.3. The van der Waals surface area contributed by atoms with E-state index in [1.54, 1.807) is 0 Å². The fourth-order valence-corrected chi connectivity index (χ4v) is 4.13. The Labute approximate surface area is 212 Å². The molecule has 0 bridgehead atoms. The van der Waals surface area contributed by atoms with Gasteiger partial charge in [-0.1, -0.05) is 36.4 Å². The number of carbonyl (C=O) groups is 1. The van der Waals surface area contributed by atoms with Crippen molar-refractivity contribution in [2.24, 2.45) is 4.99 Å². The molecule has 1 unspecified atom stereocenters. The smallest absolute Gasteiger partial charge is 0.225 e. The molecule has 0 saturated carbocycles. The molecule has 8 heteroatoms. The van der Waals surface area contributed by atoms with Crippen LogP contribution in [0, 0.1) is 13.8 Å². The van der Waals surface area contributed by atoms with Gasteiger partial charge in [0.05, 0.1) is 17.9 Å². The number of anilines is 1. The standard InChI is InChI=1S/C25H30N6O.HI/c1-4-26-25(27-15-19-14-24(32)29-23-13-9-8-12-21(19)23)28-16-22-17(2)30-31(18(22)3)20-10-6-5-7-11-20;/h5-13,19H,4,14-16H2,1-3H3,(H,29,32)(H2,26,27,28);1H. The molecular formula is C25H31IN6O. The Morgan fingerprint density at radius 1 is 1.12 bits per heavy atom. The maximum absolute atomic E-state index is 12.1. The van der Waals surface area contributed by atoms with Crippen molar-refractivity contribution in [3.05, 3.63) is 77.1 Å². The van der Waals surface area contributed by atoms with Gasteiger partial charge in [-0.2, -0.15) is 5.10 Å². The summed E-state index contributed by atoms with van der Waals surface area (Å²) >= 11 is 0. The highest BCUT2D eigenvalue weighted by Gasteiger charge is 2.24. The van der Waals surface area contributed by atoms with E-state index < -0.39 is 0 Å². The summed E-state index contributed by atoms with van der Waals surface area (Å²) in [5.41, 5.74) is 6.29. The molecule has 3 aromatic rings. The number of rotatable bonds is 6. The normalized spacial score (nSPS) is 15.3. The maximum atomic E-state index is 12.1. The lowest BCUT2D eigenvalue weighted by Crippen LogP contribution is -2.40. The number of benzene rings is 2. The number of carbonyl (C=O) groups excluding carboxylic acids is 1. The summed E-state index contributed by atoms with van der Waals surface area (Å²) in [6.07, 6.45) is 0.464. The van der Waals surface area contributed by atoms with E-state index in [9.17, 15) is 4.79 Å². The summed E-state index contributed by atoms with van der Waals surface area (Å²) in [4.78, 5) is 16.9. The zero-order valence-corrected chi connectivity index (χ0v) is 21.6. The van der Waals surface area contributed by atoms with Gasteiger partial charge in [0.1, 0.15) is 0 Å². The number of nitrogens with one attached hydrogen (secondary N) is 3. The number of aryl methyl sites for hydroxylation is 1. The first-order valence-corrected chi connectivity index (χ1v) is 11.1. The number of aliphatic imine (C=N–C) groups is 1. The molecule has 2 aromatic carbocycles. The van der Waals surface area contributed by atoms with Crippen molar-refractivity contribution < 1.29 is 4.79 Å². The molecule has 7 nitrogen and oxygen atoms in total. The topological polar surface area (TPSA) is 83.3 Å². The van der Waals surface area contributed by atoms with Crippen LogP contribution < -0.4 is 16.0 Å². The third-order valence-corrected chi connectivity index (χ3v) is 5.80. The molecule has 2 heterocycles. The van der Waals surface area contributed by atoms with Gasteiger partial charge in [-0.05, 0) is 44.5 Å². The zero-order chi connectivity index (χ0) is 22.5. The highest BCUT2D eigenvalue weighted by Crippen LogP contribution is 2.31. The van der Waals surface area contributed by atoms with Crippen molar-refractivity contribution in [2.45, 2.75) is 39.7 Å². The fourth-order valence-electron chi connectivity index (χ4n) is 4.13. The van der Waals surface area contributed by atoms with Gasteiger partial charge in [-0.15, -0.1) is 24.0 Å². The van der Waals surface area contributed by atoms with Crippen molar-refractivity contribution in [1.82, 2.24) is 20.4 Å². The summed E-state index contributed by atoms with van der Waals surface area (Å²) < 4.78 is 1.97. The molecule has 0 radical (unpaired) electrons. The van der Waals surface area contributed by atoms with Crippen molar-refractivity contribution in [3.63, 3.8) is 0 Å². The Morgan fingerprint density at radius 2 is 1.85 bits per heavy atom. The first-order valence-electron chi connectivity index (χ1n) is 11.1. The summed E-state index contributed by atoms with van der Waals surface area (Å²) in [6.45, 7) is 8.07. The van der Waals surface area contributed by atoms with Crippen molar-refractivity contribution in [3.8, 4) is 5.69 Å². The summed E-state index contributed by atoms with van der Waals surface area (Å²) in [7, 11) is 0. The molecule has 174 valence electrons. The Balaban J connectivity index is 0.00000306. The summed E-state index contributed by atoms with van der Waals surface area (Å²) in [5, 5.41) is 14.4. The van der Waals surface area contributed by atoms with E-state index in [1.807, 2.05) is 54.9 Å². The van der Waals surface area contributed by atoms with Crippen LogP contribution in [0.2, 0.25) is 0 Å². The van der Waals surface area contributed by atoms with Gasteiger partial charge in [0.25, 0.3) is 0 Å². The Bertz CT molecular complexity index is 1130. The monoisotopic (exact) mass is 558 g/mol. The average molecular weight is 558 g/mol. The van der Waals surface area contributed by atoms with E-state index in [0.29, 0.717) is 19.5 Å². The molecule has 1 aliphatic rings. The number of nitrogens with zero attached hydrogens (tertiary/aromatic N) is 3. The second-order valence-electron chi connectivity index (χ2n) is 8.01. The van der Waals surface area contributed by atoms with E-state index in [4.69, 9.17) is 10.1 Å². The molecule has 4 rings (SSSR count). The number of aromatic nitrogens is 2. The predicted molar refractivity (Wildman–Crippen MR) is 144 cm³/mol. The number of amides is 1. The first-order chi connectivity index (χ1) is 15.6. The largest absolute Gasteiger partial charge is 0.357 e. The molecule has 33 heavy (non-hydrogen) atoms. The van der Waals surface area contributed by atoms with Gasteiger partial charge in [-0.25, -0.2) is 9.67 Å². The third-order valence-electron chi connectivity index (χ3n) is 5.80. The van der Waals surface area contributed by atoms with Crippen LogP contribution in [0.1, 0.15) is 41.8 Å². The van der Waals surface area contributed by atoms with Crippen LogP contribution in [0.3, 0.4) is 0 Å². The van der Waals surface area contributed by atoms with E-state index in [0.717, 1.165) is 46.4 Å². The van der Waals surface area contributed by atoms with Crippen LogP contribution in [-0.4, -0.2) is 34.7 Å². The Kier molecular flexibility index (Phi) is 8.49. The molecule has 1 aliphatic heterocycles. The maximum Gasteiger partial charge on any atom is 0.225 e. The molecule has 1 amide bonds. The lowest BCUT2D eigenvalue weighted by molar-refractivity contribution is -0.116. The SMILES string of the molecule is CCNC(=NCc1c(C)nn(-c2ccccc2)c1C)NCC1CC(=O)Nc2ccccc21.I. The second kappa shape index (κ2) is 11.3. The van der Waals surface area contributed by atoms with Crippen molar-refractivity contribution in [2.75, 3.05) is 18.4 Å². The van der Waals surface area contributed by atoms with Crippen LogP contribution in [-0.2, 0) is 11.3 Å². The van der Waals surface area contributed by atoms with Gasteiger partial charge in [-0.3, -0.25) is 4.79 Å². The molecular weight excluding hydrogens is 527 g/mol. The van der Waals surface area contributed by atoms with E-state index >= 15 is 0 Å². The molecule has 1 aromatic heterocycles. The minimum atomic E-state index is 0. The predicted octanol–water partition coefficient (Wildman–Crippen LogP) is 4.29. The molecule has 0 fully saturated rings.